The van der Waals surface area contributed by atoms with Gasteiger partial charge in [-0.3, -0.25) is 4.79 Å². The number of carbonyl (C=O) groups is 1. The molecule has 0 aromatic carbocycles. The van der Waals surface area contributed by atoms with Crippen molar-refractivity contribution >= 4 is 11.7 Å². The van der Waals surface area contributed by atoms with E-state index >= 15 is 0 Å². The lowest BCUT2D eigenvalue weighted by Crippen LogP contribution is -2.56. The summed E-state index contributed by atoms with van der Waals surface area (Å²) in [4.78, 5) is 17.4. The van der Waals surface area contributed by atoms with E-state index in [1.165, 1.54) is 0 Å². The molecule has 1 aromatic heterocycles. The Balaban J connectivity index is 2.28. The fraction of sp³-hybridized carbons (Fsp3) is 0.400. The van der Waals surface area contributed by atoms with E-state index in [2.05, 4.69) is 4.98 Å². The number of aryl methyl sites for hydroxylation is 1. The first kappa shape index (κ1) is 9.92. The molecule has 1 fully saturated rings. The summed E-state index contributed by atoms with van der Waals surface area (Å²) in [6, 6.07) is 3.61. The van der Waals surface area contributed by atoms with Gasteiger partial charge in [-0.1, -0.05) is 0 Å². The molecule has 0 saturated carbocycles. The topological polar surface area (TPSA) is 85.2 Å². The largest absolute Gasteiger partial charge is 0.366 e. The zero-order valence-corrected chi connectivity index (χ0v) is 8.60. The summed E-state index contributed by atoms with van der Waals surface area (Å²) >= 11 is 0. The molecule has 0 radical (unpaired) electrons. The quantitative estimate of drug-likeness (QED) is 0.691. The zero-order valence-electron chi connectivity index (χ0n) is 8.60. The molecule has 15 heavy (non-hydrogen) atoms. The molecule has 1 saturated heterocycles. The summed E-state index contributed by atoms with van der Waals surface area (Å²) in [5, 5.41) is 0. The molecule has 0 bridgehead atoms. The highest BCUT2D eigenvalue weighted by atomic mass is 16.1. The second-order valence-electron chi connectivity index (χ2n) is 3.88. The van der Waals surface area contributed by atoms with E-state index in [9.17, 15) is 4.79 Å². The number of amides is 1. The van der Waals surface area contributed by atoms with Crippen LogP contribution in [0.1, 0.15) is 16.1 Å². The first-order valence-electron chi connectivity index (χ1n) is 4.85. The van der Waals surface area contributed by atoms with Crippen LogP contribution in [0.2, 0.25) is 0 Å². The molecular formula is C10H14N4O. The van der Waals surface area contributed by atoms with Gasteiger partial charge in [-0.2, -0.15) is 0 Å². The summed E-state index contributed by atoms with van der Waals surface area (Å²) in [6.45, 7) is 3.42. The van der Waals surface area contributed by atoms with Gasteiger partial charge in [0.05, 0.1) is 0 Å². The molecular weight excluding hydrogens is 192 g/mol. The molecule has 1 aromatic rings. The van der Waals surface area contributed by atoms with Crippen molar-refractivity contribution in [2.75, 3.05) is 18.0 Å². The molecule has 2 rings (SSSR count). The number of primary amides is 1. The number of hydrogen-bond donors (Lipinski definition) is 2. The average molecular weight is 206 g/mol. The second kappa shape index (κ2) is 3.51. The molecule has 5 heteroatoms. The molecule has 0 atom stereocenters. The van der Waals surface area contributed by atoms with Crippen LogP contribution in [0.5, 0.6) is 0 Å². The van der Waals surface area contributed by atoms with Gasteiger partial charge < -0.3 is 16.4 Å². The third kappa shape index (κ3) is 1.92. The minimum absolute atomic E-state index is 0.212. The van der Waals surface area contributed by atoms with Crippen LogP contribution in [0.4, 0.5) is 5.82 Å². The van der Waals surface area contributed by atoms with E-state index in [1.807, 2.05) is 11.8 Å². The van der Waals surface area contributed by atoms with Gasteiger partial charge in [0.25, 0.3) is 0 Å². The number of carbonyl (C=O) groups excluding carboxylic acids is 1. The minimum atomic E-state index is -0.424. The number of aromatic nitrogens is 1. The van der Waals surface area contributed by atoms with Gasteiger partial charge in [0.2, 0.25) is 5.91 Å². The van der Waals surface area contributed by atoms with E-state index in [4.69, 9.17) is 11.5 Å². The smallest absolute Gasteiger partial charge is 0.248 e. The van der Waals surface area contributed by atoms with Crippen molar-refractivity contribution in [2.45, 2.75) is 13.0 Å². The summed E-state index contributed by atoms with van der Waals surface area (Å²) in [6.07, 6.45) is 0. The van der Waals surface area contributed by atoms with Crippen LogP contribution < -0.4 is 16.4 Å². The fourth-order valence-corrected chi connectivity index (χ4v) is 1.66. The summed E-state index contributed by atoms with van der Waals surface area (Å²) in [5.41, 5.74) is 12.2. The Bertz CT molecular complexity index is 398. The predicted octanol–water partition coefficient (Wildman–Crippen LogP) is -0.364. The van der Waals surface area contributed by atoms with E-state index in [-0.39, 0.29) is 6.04 Å². The molecule has 0 spiro atoms. The first-order valence-corrected chi connectivity index (χ1v) is 4.85. The number of hydrogen-bond acceptors (Lipinski definition) is 4. The second-order valence-corrected chi connectivity index (χ2v) is 3.88. The van der Waals surface area contributed by atoms with Gasteiger partial charge >= 0.3 is 0 Å². The third-order valence-corrected chi connectivity index (χ3v) is 2.46. The maximum atomic E-state index is 11.0. The molecule has 1 amide bonds. The normalized spacial score (nSPS) is 16.3. The monoisotopic (exact) mass is 206 g/mol. The highest BCUT2D eigenvalue weighted by molar-refractivity contribution is 5.93. The first-order chi connectivity index (χ1) is 7.06. The van der Waals surface area contributed by atoms with Gasteiger partial charge in [0, 0.05) is 30.4 Å². The van der Waals surface area contributed by atoms with Crippen molar-refractivity contribution in [3.8, 4) is 0 Å². The molecule has 1 aliphatic heterocycles. The van der Waals surface area contributed by atoms with Crippen LogP contribution in [0, 0.1) is 6.92 Å². The van der Waals surface area contributed by atoms with Crippen LogP contribution in [-0.2, 0) is 0 Å². The van der Waals surface area contributed by atoms with Crippen LogP contribution in [0.3, 0.4) is 0 Å². The number of pyridine rings is 1. The number of nitrogens with zero attached hydrogens (tertiary/aromatic N) is 2. The Labute approximate surface area is 88.1 Å². The highest BCUT2D eigenvalue weighted by Gasteiger charge is 2.24. The molecule has 4 N–H and O–H groups in total. The Morgan fingerprint density at radius 1 is 1.53 bits per heavy atom. The van der Waals surface area contributed by atoms with E-state index in [0.717, 1.165) is 24.6 Å². The number of anilines is 1. The molecule has 0 aliphatic carbocycles. The van der Waals surface area contributed by atoms with Crippen molar-refractivity contribution in [3.05, 3.63) is 23.4 Å². The van der Waals surface area contributed by atoms with Crippen molar-refractivity contribution in [2.24, 2.45) is 11.5 Å². The Morgan fingerprint density at radius 3 is 2.73 bits per heavy atom. The lowest BCUT2D eigenvalue weighted by Gasteiger charge is -2.38. The average Bonchev–Trinajstić information content (AvgIpc) is 2.12. The van der Waals surface area contributed by atoms with Gasteiger partial charge in [-0.05, 0) is 19.1 Å². The lowest BCUT2D eigenvalue weighted by molar-refractivity contribution is 0.1000. The highest BCUT2D eigenvalue weighted by Crippen LogP contribution is 2.19. The molecule has 5 nitrogen and oxygen atoms in total. The van der Waals surface area contributed by atoms with Crippen molar-refractivity contribution < 1.29 is 4.79 Å². The Morgan fingerprint density at radius 2 is 2.20 bits per heavy atom. The van der Waals surface area contributed by atoms with Gasteiger partial charge in [-0.15, -0.1) is 0 Å². The predicted molar refractivity (Wildman–Crippen MR) is 57.7 cm³/mol. The van der Waals surface area contributed by atoms with Gasteiger partial charge in [0.15, 0.2) is 0 Å². The SMILES string of the molecule is Cc1cc(C(N)=O)cc(N2CC(N)C2)n1. The van der Waals surface area contributed by atoms with Gasteiger partial charge in [-0.25, -0.2) is 4.98 Å². The summed E-state index contributed by atoms with van der Waals surface area (Å²) in [5.74, 6) is 0.358. The molecule has 0 unspecified atom stereocenters. The summed E-state index contributed by atoms with van der Waals surface area (Å²) in [7, 11) is 0. The number of rotatable bonds is 2. The fourth-order valence-electron chi connectivity index (χ4n) is 1.66. The number of nitrogens with two attached hydrogens (primary N) is 2. The van der Waals surface area contributed by atoms with E-state index < -0.39 is 5.91 Å². The molecule has 80 valence electrons. The van der Waals surface area contributed by atoms with Crippen LogP contribution in [0.25, 0.3) is 0 Å². The molecule has 2 heterocycles. The van der Waals surface area contributed by atoms with Crippen molar-refractivity contribution in [3.63, 3.8) is 0 Å². The Hall–Kier alpha value is -1.62. The maximum absolute atomic E-state index is 11.0. The summed E-state index contributed by atoms with van der Waals surface area (Å²) < 4.78 is 0. The third-order valence-electron chi connectivity index (χ3n) is 2.46. The zero-order chi connectivity index (χ0) is 11.0. The van der Waals surface area contributed by atoms with Crippen LogP contribution >= 0.6 is 0 Å². The van der Waals surface area contributed by atoms with Crippen molar-refractivity contribution in [1.82, 2.24) is 4.98 Å². The lowest BCUT2D eigenvalue weighted by atomic mass is 10.1. The van der Waals surface area contributed by atoms with Gasteiger partial charge in [0.1, 0.15) is 5.82 Å². The molecule has 1 aliphatic rings. The van der Waals surface area contributed by atoms with Crippen LogP contribution in [-0.4, -0.2) is 30.0 Å². The standard InChI is InChI=1S/C10H14N4O/c1-6-2-7(10(12)15)3-9(13-6)14-4-8(11)5-14/h2-3,8H,4-5,11H2,1H3,(H2,12,15). The minimum Gasteiger partial charge on any atom is -0.366 e. The van der Waals surface area contributed by atoms with Crippen LogP contribution in [0.15, 0.2) is 12.1 Å². The van der Waals surface area contributed by atoms with E-state index in [1.54, 1.807) is 12.1 Å². The van der Waals surface area contributed by atoms with E-state index in [0.29, 0.717) is 5.56 Å². The van der Waals surface area contributed by atoms with Crippen molar-refractivity contribution in [1.29, 1.82) is 0 Å². The Kier molecular flexibility index (Phi) is 2.32. The maximum Gasteiger partial charge on any atom is 0.248 e.